The maximum Gasteiger partial charge on any atom is 0.232 e. The number of amides is 1. The second-order valence-corrected chi connectivity index (χ2v) is 5.64. The number of nitrogens with two attached hydrogens (primary N) is 1. The summed E-state index contributed by atoms with van der Waals surface area (Å²) in [5.41, 5.74) is 6.87. The zero-order valence-corrected chi connectivity index (χ0v) is 11.8. The van der Waals surface area contributed by atoms with Gasteiger partial charge in [0.25, 0.3) is 0 Å². The van der Waals surface area contributed by atoms with E-state index in [0.717, 1.165) is 18.5 Å². The maximum absolute atomic E-state index is 12.7. The minimum Gasteiger partial charge on any atom is -0.399 e. The first kappa shape index (κ1) is 13.9. The van der Waals surface area contributed by atoms with Gasteiger partial charge in [0, 0.05) is 25.9 Å². The van der Waals surface area contributed by atoms with E-state index in [4.69, 9.17) is 10.5 Å². The summed E-state index contributed by atoms with van der Waals surface area (Å²) in [6, 6.07) is 7.53. The summed E-state index contributed by atoms with van der Waals surface area (Å²) in [7, 11) is 1.70. The predicted octanol–water partition coefficient (Wildman–Crippen LogP) is 1.79. The fourth-order valence-electron chi connectivity index (χ4n) is 2.52. The highest BCUT2D eigenvalue weighted by Crippen LogP contribution is 2.28. The van der Waals surface area contributed by atoms with Gasteiger partial charge in [-0.3, -0.25) is 4.79 Å². The van der Waals surface area contributed by atoms with E-state index in [2.05, 4.69) is 0 Å². The number of likely N-dealkylation sites (tertiary alicyclic amines) is 1. The molecule has 1 saturated heterocycles. The Hall–Kier alpha value is -1.55. The lowest BCUT2D eigenvalue weighted by molar-refractivity contribution is -0.135. The fourth-order valence-corrected chi connectivity index (χ4v) is 2.52. The standard InChI is InChI=1S/C15H22N2O2/c1-15(2,11-4-6-12(16)7-5-11)14(18)17-9-8-13(10-17)19-3/h4-7,13H,8-10,16H2,1-3H3. The van der Waals surface area contributed by atoms with Crippen molar-refractivity contribution in [2.75, 3.05) is 25.9 Å². The molecular weight excluding hydrogens is 240 g/mol. The van der Waals surface area contributed by atoms with Crippen molar-refractivity contribution in [2.45, 2.75) is 31.8 Å². The predicted molar refractivity (Wildman–Crippen MR) is 75.9 cm³/mol. The lowest BCUT2D eigenvalue weighted by atomic mass is 9.83. The van der Waals surface area contributed by atoms with Crippen LogP contribution in [-0.4, -0.2) is 37.1 Å². The molecule has 0 saturated carbocycles. The highest BCUT2D eigenvalue weighted by Gasteiger charge is 2.37. The zero-order chi connectivity index (χ0) is 14.0. The number of benzene rings is 1. The van der Waals surface area contributed by atoms with Crippen LogP contribution in [0.1, 0.15) is 25.8 Å². The third kappa shape index (κ3) is 2.73. The van der Waals surface area contributed by atoms with Crippen molar-refractivity contribution in [1.82, 2.24) is 4.90 Å². The Morgan fingerprint density at radius 3 is 2.53 bits per heavy atom. The van der Waals surface area contributed by atoms with Crippen LogP contribution < -0.4 is 5.73 Å². The summed E-state index contributed by atoms with van der Waals surface area (Å²) in [5, 5.41) is 0. The SMILES string of the molecule is COC1CCN(C(=O)C(C)(C)c2ccc(N)cc2)C1. The molecule has 4 heteroatoms. The number of carbonyl (C=O) groups excluding carboxylic acids is 1. The Morgan fingerprint density at radius 1 is 1.37 bits per heavy atom. The first-order valence-electron chi connectivity index (χ1n) is 6.63. The van der Waals surface area contributed by atoms with Crippen molar-refractivity contribution in [1.29, 1.82) is 0 Å². The second-order valence-electron chi connectivity index (χ2n) is 5.64. The molecule has 0 aliphatic carbocycles. The molecule has 1 heterocycles. The minimum atomic E-state index is -0.531. The number of carbonyl (C=O) groups is 1. The number of nitrogens with zero attached hydrogens (tertiary/aromatic N) is 1. The van der Waals surface area contributed by atoms with Crippen molar-refractivity contribution in [3.8, 4) is 0 Å². The fraction of sp³-hybridized carbons (Fsp3) is 0.533. The first-order chi connectivity index (χ1) is 8.95. The molecule has 1 atom stereocenters. The Balaban J connectivity index is 2.15. The van der Waals surface area contributed by atoms with Gasteiger partial charge in [-0.2, -0.15) is 0 Å². The molecule has 2 rings (SSSR count). The van der Waals surface area contributed by atoms with Crippen LogP contribution in [0.25, 0.3) is 0 Å². The van der Waals surface area contributed by atoms with E-state index >= 15 is 0 Å². The summed E-state index contributed by atoms with van der Waals surface area (Å²) in [5.74, 6) is 0.150. The van der Waals surface area contributed by atoms with Crippen LogP contribution in [0.4, 0.5) is 5.69 Å². The van der Waals surface area contributed by atoms with Crippen LogP contribution in [0.5, 0.6) is 0 Å². The number of hydrogen-bond donors (Lipinski definition) is 1. The third-order valence-corrected chi connectivity index (χ3v) is 3.93. The van der Waals surface area contributed by atoms with Crippen LogP contribution in [0.15, 0.2) is 24.3 Å². The normalized spacial score (nSPS) is 19.7. The minimum absolute atomic E-state index is 0.150. The smallest absolute Gasteiger partial charge is 0.232 e. The van der Waals surface area contributed by atoms with Gasteiger partial charge in [-0.25, -0.2) is 0 Å². The quantitative estimate of drug-likeness (QED) is 0.845. The Morgan fingerprint density at radius 2 is 2.00 bits per heavy atom. The molecule has 0 radical (unpaired) electrons. The van der Waals surface area contributed by atoms with E-state index in [1.807, 2.05) is 43.0 Å². The molecule has 1 unspecified atom stereocenters. The molecule has 1 amide bonds. The summed E-state index contributed by atoms with van der Waals surface area (Å²) < 4.78 is 5.32. The number of nitrogen functional groups attached to an aromatic ring is 1. The molecule has 1 aliphatic rings. The van der Waals surface area contributed by atoms with E-state index < -0.39 is 5.41 Å². The lowest BCUT2D eigenvalue weighted by Crippen LogP contribution is -2.42. The summed E-state index contributed by atoms with van der Waals surface area (Å²) in [4.78, 5) is 14.5. The molecule has 0 bridgehead atoms. The molecule has 19 heavy (non-hydrogen) atoms. The molecule has 1 aromatic carbocycles. The third-order valence-electron chi connectivity index (χ3n) is 3.93. The number of anilines is 1. The number of ether oxygens (including phenoxy) is 1. The average Bonchev–Trinajstić information content (AvgIpc) is 2.87. The van der Waals surface area contributed by atoms with Gasteiger partial charge >= 0.3 is 0 Å². The monoisotopic (exact) mass is 262 g/mol. The molecule has 2 N–H and O–H groups in total. The molecule has 0 spiro atoms. The van der Waals surface area contributed by atoms with Crippen molar-refractivity contribution < 1.29 is 9.53 Å². The van der Waals surface area contributed by atoms with Crippen LogP contribution in [0.3, 0.4) is 0 Å². The topological polar surface area (TPSA) is 55.6 Å². The Kier molecular flexibility index (Phi) is 3.80. The van der Waals surface area contributed by atoms with Crippen molar-refractivity contribution >= 4 is 11.6 Å². The van der Waals surface area contributed by atoms with Crippen molar-refractivity contribution in [3.05, 3.63) is 29.8 Å². The maximum atomic E-state index is 12.7. The van der Waals surface area contributed by atoms with Crippen LogP contribution >= 0.6 is 0 Å². The summed E-state index contributed by atoms with van der Waals surface area (Å²) >= 11 is 0. The lowest BCUT2D eigenvalue weighted by Gasteiger charge is -2.29. The molecular formula is C15H22N2O2. The first-order valence-corrected chi connectivity index (χ1v) is 6.63. The summed E-state index contributed by atoms with van der Waals surface area (Å²) in [6.45, 7) is 5.38. The zero-order valence-electron chi connectivity index (χ0n) is 11.8. The Labute approximate surface area is 114 Å². The van der Waals surface area contributed by atoms with Gasteiger partial charge in [-0.05, 0) is 38.0 Å². The van der Waals surface area contributed by atoms with Crippen molar-refractivity contribution in [3.63, 3.8) is 0 Å². The molecule has 1 fully saturated rings. The van der Waals surface area contributed by atoms with E-state index in [-0.39, 0.29) is 12.0 Å². The molecule has 104 valence electrons. The largest absolute Gasteiger partial charge is 0.399 e. The van der Waals surface area contributed by atoms with Gasteiger partial charge in [0.05, 0.1) is 11.5 Å². The number of rotatable bonds is 3. The second kappa shape index (κ2) is 5.21. The average molecular weight is 262 g/mol. The molecule has 1 aromatic rings. The van der Waals surface area contributed by atoms with E-state index in [1.165, 1.54) is 0 Å². The van der Waals surface area contributed by atoms with Gasteiger partial charge in [0.2, 0.25) is 5.91 Å². The van der Waals surface area contributed by atoms with Crippen LogP contribution in [-0.2, 0) is 14.9 Å². The van der Waals surface area contributed by atoms with E-state index in [0.29, 0.717) is 12.2 Å². The van der Waals surface area contributed by atoms with Crippen molar-refractivity contribution in [2.24, 2.45) is 0 Å². The highest BCUT2D eigenvalue weighted by atomic mass is 16.5. The highest BCUT2D eigenvalue weighted by molar-refractivity contribution is 5.87. The van der Waals surface area contributed by atoms with Gasteiger partial charge in [0.15, 0.2) is 0 Å². The molecule has 4 nitrogen and oxygen atoms in total. The van der Waals surface area contributed by atoms with Crippen LogP contribution in [0.2, 0.25) is 0 Å². The number of hydrogen-bond acceptors (Lipinski definition) is 3. The molecule has 1 aliphatic heterocycles. The van der Waals surface area contributed by atoms with Gasteiger partial charge in [-0.1, -0.05) is 12.1 Å². The molecule has 0 aromatic heterocycles. The van der Waals surface area contributed by atoms with Gasteiger partial charge < -0.3 is 15.4 Å². The number of methoxy groups -OCH3 is 1. The van der Waals surface area contributed by atoms with Gasteiger partial charge in [0.1, 0.15) is 0 Å². The van der Waals surface area contributed by atoms with Gasteiger partial charge in [-0.15, -0.1) is 0 Å². The Bertz CT molecular complexity index is 454. The summed E-state index contributed by atoms with van der Waals surface area (Å²) in [6.07, 6.45) is 1.09. The van der Waals surface area contributed by atoms with E-state index in [9.17, 15) is 4.79 Å². The van der Waals surface area contributed by atoms with Crippen LogP contribution in [0, 0.1) is 0 Å². The van der Waals surface area contributed by atoms with E-state index in [1.54, 1.807) is 7.11 Å².